The molecule has 1 aliphatic rings. The molecular formula is C12H12N4O2. The SMILES string of the molecule is Cc1nc2ccccc2n1CC1NC(=O)NC1=O. The minimum absolute atomic E-state index is 0.294. The second kappa shape index (κ2) is 3.83. The number of urea groups is 1. The summed E-state index contributed by atoms with van der Waals surface area (Å²) in [5.41, 5.74) is 1.85. The molecule has 1 atom stereocenters. The number of fused-ring (bicyclic) bond motifs is 1. The summed E-state index contributed by atoms with van der Waals surface area (Å²) in [4.78, 5) is 27.0. The molecule has 3 amide bonds. The fourth-order valence-corrected chi connectivity index (χ4v) is 2.20. The fraction of sp³-hybridized carbons (Fsp3) is 0.250. The predicted octanol–water partition coefficient (Wildman–Crippen LogP) is 0.553. The zero-order valence-corrected chi connectivity index (χ0v) is 9.80. The maximum Gasteiger partial charge on any atom is 0.322 e. The van der Waals surface area contributed by atoms with Gasteiger partial charge in [-0.05, 0) is 19.1 Å². The number of carbonyl (C=O) groups is 2. The van der Waals surface area contributed by atoms with Crippen LogP contribution < -0.4 is 10.6 Å². The van der Waals surface area contributed by atoms with Crippen LogP contribution in [0.15, 0.2) is 24.3 Å². The van der Waals surface area contributed by atoms with Crippen molar-refractivity contribution in [2.24, 2.45) is 0 Å². The molecule has 2 heterocycles. The molecule has 18 heavy (non-hydrogen) atoms. The number of amides is 3. The number of rotatable bonds is 2. The van der Waals surface area contributed by atoms with E-state index in [0.29, 0.717) is 6.54 Å². The standard InChI is InChI=1S/C12H12N4O2/c1-7-13-8-4-2-3-5-10(8)16(7)6-9-11(17)15-12(18)14-9/h2-5,9H,6H2,1H3,(H2,14,15,17,18). The maximum atomic E-state index is 11.5. The number of imide groups is 1. The number of nitrogens with one attached hydrogen (secondary N) is 2. The Morgan fingerprint density at radius 2 is 2.11 bits per heavy atom. The van der Waals surface area contributed by atoms with Gasteiger partial charge in [-0.2, -0.15) is 0 Å². The van der Waals surface area contributed by atoms with Gasteiger partial charge in [0.2, 0.25) is 0 Å². The third-order valence-corrected chi connectivity index (χ3v) is 3.07. The largest absolute Gasteiger partial charge is 0.326 e. The summed E-state index contributed by atoms with van der Waals surface area (Å²) in [6, 6.07) is 6.74. The van der Waals surface area contributed by atoms with Crippen molar-refractivity contribution in [3.8, 4) is 0 Å². The van der Waals surface area contributed by atoms with Gasteiger partial charge in [0.25, 0.3) is 5.91 Å². The Balaban J connectivity index is 1.97. The van der Waals surface area contributed by atoms with Crippen molar-refractivity contribution in [2.75, 3.05) is 0 Å². The van der Waals surface area contributed by atoms with Crippen molar-refractivity contribution in [3.63, 3.8) is 0 Å². The van der Waals surface area contributed by atoms with Crippen molar-refractivity contribution in [2.45, 2.75) is 19.5 Å². The van der Waals surface area contributed by atoms with Crippen LogP contribution in [0.25, 0.3) is 11.0 Å². The topological polar surface area (TPSA) is 76.0 Å². The van der Waals surface area contributed by atoms with E-state index >= 15 is 0 Å². The summed E-state index contributed by atoms with van der Waals surface area (Å²) in [6.07, 6.45) is 0. The molecular weight excluding hydrogens is 232 g/mol. The second-order valence-electron chi connectivity index (χ2n) is 4.27. The first-order valence-electron chi connectivity index (χ1n) is 5.68. The predicted molar refractivity (Wildman–Crippen MR) is 64.9 cm³/mol. The van der Waals surface area contributed by atoms with Crippen LogP contribution >= 0.6 is 0 Å². The summed E-state index contributed by atoms with van der Waals surface area (Å²) in [7, 11) is 0. The Bertz CT molecular complexity index is 647. The number of hydrogen-bond donors (Lipinski definition) is 2. The van der Waals surface area contributed by atoms with Crippen LogP contribution in [-0.4, -0.2) is 27.5 Å². The monoisotopic (exact) mass is 244 g/mol. The molecule has 1 saturated heterocycles. The van der Waals surface area contributed by atoms with Crippen LogP contribution in [0.1, 0.15) is 5.82 Å². The summed E-state index contributed by atoms with van der Waals surface area (Å²) >= 11 is 0. The van der Waals surface area contributed by atoms with Gasteiger partial charge in [-0.3, -0.25) is 10.1 Å². The summed E-state index contributed by atoms with van der Waals surface area (Å²) in [5.74, 6) is 0.530. The smallest absolute Gasteiger partial charge is 0.322 e. The number of nitrogens with zero attached hydrogens (tertiary/aromatic N) is 2. The van der Waals surface area contributed by atoms with E-state index in [9.17, 15) is 9.59 Å². The molecule has 1 aliphatic heterocycles. The molecule has 0 bridgehead atoms. The van der Waals surface area contributed by atoms with Gasteiger partial charge in [0.1, 0.15) is 11.9 Å². The molecule has 1 aromatic carbocycles. The lowest BCUT2D eigenvalue weighted by atomic mass is 10.2. The lowest BCUT2D eigenvalue weighted by molar-refractivity contribution is -0.120. The Morgan fingerprint density at radius 3 is 2.83 bits per heavy atom. The maximum absolute atomic E-state index is 11.5. The molecule has 3 rings (SSSR count). The molecule has 2 aromatic rings. The third kappa shape index (κ3) is 1.62. The molecule has 6 heteroatoms. The average Bonchev–Trinajstić information content (AvgIpc) is 2.81. The Labute approximate surface area is 103 Å². The van der Waals surface area contributed by atoms with Gasteiger partial charge in [-0.15, -0.1) is 0 Å². The first kappa shape index (κ1) is 10.8. The van der Waals surface area contributed by atoms with E-state index < -0.39 is 12.1 Å². The van der Waals surface area contributed by atoms with Crippen molar-refractivity contribution in [1.29, 1.82) is 0 Å². The highest BCUT2D eigenvalue weighted by Gasteiger charge is 2.30. The number of imidazole rings is 1. The Morgan fingerprint density at radius 1 is 1.33 bits per heavy atom. The van der Waals surface area contributed by atoms with Crippen molar-refractivity contribution < 1.29 is 9.59 Å². The van der Waals surface area contributed by atoms with Gasteiger partial charge in [0.15, 0.2) is 0 Å². The van der Waals surface area contributed by atoms with E-state index in [1.807, 2.05) is 35.8 Å². The van der Waals surface area contributed by atoms with Gasteiger partial charge >= 0.3 is 6.03 Å². The molecule has 1 unspecified atom stereocenters. The van der Waals surface area contributed by atoms with Crippen LogP contribution in [0.5, 0.6) is 0 Å². The highest BCUT2D eigenvalue weighted by Crippen LogP contribution is 2.16. The van der Waals surface area contributed by atoms with Crippen molar-refractivity contribution in [1.82, 2.24) is 20.2 Å². The molecule has 0 radical (unpaired) electrons. The van der Waals surface area contributed by atoms with E-state index in [1.54, 1.807) is 0 Å². The van der Waals surface area contributed by atoms with Gasteiger partial charge in [-0.1, -0.05) is 12.1 Å². The number of aromatic nitrogens is 2. The van der Waals surface area contributed by atoms with E-state index in [2.05, 4.69) is 15.6 Å². The van der Waals surface area contributed by atoms with Gasteiger partial charge in [-0.25, -0.2) is 9.78 Å². The summed E-state index contributed by atoms with van der Waals surface area (Å²) in [6.45, 7) is 2.28. The second-order valence-corrected chi connectivity index (χ2v) is 4.27. The van der Waals surface area contributed by atoms with Gasteiger partial charge in [0.05, 0.1) is 17.6 Å². The minimum Gasteiger partial charge on any atom is -0.326 e. The lowest BCUT2D eigenvalue weighted by Gasteiger charge is -2.10. The number of hydrogen-bond acceptors (Lipinski definition) is 3. The van der Waals surface area contributed by atoms with E-state index in [1.165, 1.54) is 0 Å². The normalized spacial score (nSPS) is 19.1. The van der Waals surface area contributed by atoms with E-state index in [4.69, 9.17) is 0 Å². The van der Waals surface area contributed by atoms with E-state index in [0.717, 1.165) is 16.9 Å². The molecule has 0 saturated carbocycles. The first-order valence-corrected chi connectivity index (χ1v) is 5.68. The first-order chi connectivity index (χ1) is 8.65. The number of benzene rings is 1. The van der Waals surface area contributed by atoms with Crippen LogP contribution in [0.3, 0.4) is 0 Å². The highest BCUT2D eigenvalue weighted by atomic mass is 16.2. The Hall–Kier alpha value is -2.37. The molecule has 0 spiro atoms. The van der Waals surface area contributed by atoms with Gasteiger partial charge < -0.3 is 9.88 Å². The zero-order chi connectivity index (χ0) is 12.7. The van der Waals surface area contributed by atoms with Crippen LogP contribution in [-0.2, 0) is 11.3 Å². The van der Waals surface area contributed by atoms with Crippen molar-refractivity contribution in [3.05, 3.63) is 30.1 Å². The molecule has 2 N–H and O–H groups in total. The lowest BCUT2D eigenvalue weighted by Crippen LogP contribution is -2.33. The van der Waals surface area contributed by atoms with Crippen LogP contribution in [0.4, 0.5) is 4.79 Å². The Kier molecular flexibility index (Phi) is 2.29. The zero-order valence-electron chi connectivity index (χ0n) is 9.80. The highest BCUT2D eigenvalue weighted by molar-refractivity contribution is 6.04. The molecule has 6 nitrogen and oxygen atoms in total. The molecule has 92 valence electrons. The average molecular weight is 244 g/mol. The molecule has 1 aromatic heterocycles. The van der Waals surface area contributed by atoms with Gasteiger partial charge in [0, 0.05) is 0 Å². The molecule has 0 aliphatic carbocycles. The van der Waals surface area contributed by atoms with E-state index in [-0.39, 0.29) is 5.91 Å². The summed E-state index contributed by atoms with van der Waals surface area (Å²) < 4.78 is 1.94. The van der Waals surface area contributed by atoms with Crippen LogP contribution in [0.2, 0.25) is 0 Å². The minimum atomic E-state index is -0.534. The number of para-hydroxylation sites is 2. The van der Waals surface area contributed by atoms with Crippen LogP contribution in [0, 0.1) is 6.92 Å². The fourth-order valence-electron chi connectivity index (χ4n) is 2.20. The van der Waals surface area contributed by atoms with Crippen molar-refractivity contribution >= 4 is 23.0 Å². The quantitative estimate of drug-likeness (QED) is 0.757. The third-order valence-electron chi connectivity index (χ3n) is 3.07. The molecule has 1 fully saturated rings. The summed E-state index contributed by atoms with van der Waals surface area (Å²) in [5, 5.41) is 4.81. The number of carbonyl (C=O) groups excluding carboxylic acids is 2. The number of aryl methyl sites for hydroxylation is 1.